The number of halogens is 1. The van der Waals surface area contributed by atoms with E-state index in [-0.39, 0.29) is 11.5 Å². The van der Waals surface area contributed by atoms with Gasteiger partial charge in [0.05, 0.1) is 35.6 Å². The summed E-state index contributed by atoms with van der Waals surface area (Å²) in [4.78, 5) is 23.2. The van der Waals surface area contributed by atoms with Crippen LogP contribution in [0.4, 0.5) is 11.6 Å². The molecule has 0 bridgehead atoms. The first-order valence-corrected chi connectivity index (χ1v) is 12.2. The van der Waals surface area contributed by atoms with Crippen LogP contribution in [0.5, 0.6) is 0 Å². The van der Waals surface area contributed by atoms with Crippen LogP contribution < -0.4 is 15.5 Å². The van der Waals surface area contributed by atoms with E-state index < -0.39 is 0 Å². The van der Waals surface area contributed by atoms with Crippen LogP contribution in [-0.4, -0.2) is 76.6 Å². The molecule has 0 saturated carbocycles. The summed E-state index contributed by atoms with van der Waals surface area (Å²) in [6, 6.07) is 3.92. The molecular formula is C24H28ClN9O. The molecule has 2 saturated heterocycles. The number of piperidine rings is 1. The summed E-state index contributed by atoms with van der Waals surface area (Å²) in [7, 11) is 3.84. The zero-order chi connectivity index (χ0) is 24.3. The predicted molar refractivity (Wildman–Crippen MR) is 137 cm³/mol. The molecule has 4 aromatic rings. The van der Waals surface area contributed by atoms with Crippen molar-refractivity contribution in [1.82, 2.24) is 30.1 Å². The number of ether oxygens (including phenoxy) is 1. The molecule has 2 aliphatic rings. The quantitative estimate of drug-likeness (QED) is 0.443. The second-order valence-corrected chi connectivity index (χ2v) is 10.2. The molecule has 3 N–H and O–H groups in total. The molecule has 182 valence electrons. The maximum Gasteiger partial charge on any atom is 0.177 e. The average molecular weight is 494 g/mol. The third-order valence-corrected chi connectivity index (χ3v) is 7.81. The van der Waals surface area contributed by atoms with Gasteiger partial charge in [-0.1, -0.05) is 11.6 Å². The van der Waals surface area contributed by atoms with Gasteiger partial charge in [-0.2, -0.15) is 5.10 Å². The van der Waals surface area contributed by atoms with Gasteiger partial charge < -0.3 is 20.3 Å². The van der Waals surface area contributed by atoms with E-state index in [4.69, 9.17) is 32.0 Å². The minimum absolute atomic E-state index is 0.0886. The Morgan fingerprint density at radius 1 is 1.17 bits per heavy atom. The number of fused-ring (bicyclic) bond motifs is 2. The van der Waals surface area contributed by atoms with Crippen molar-refractivity contribution in [1.29, 1.82) is 0 Å². The Kier molecular flexibility index (Phi) is 5.28. The zero-order valence-electron chi connectivity index (χ0n) is 20.0. The lowest BCUT2D eigenvalue weighted by Crippen LogP contribution is -2.49. The number of aryl methyl sites for hydroxylation is 1. The van der Waals surface area contributed by atoms with Crippen molar-refractivity contribution in [3.05, 3.63) is 29.0 Å². The molecule has 2 fully saturated rings. The van der Waals surface area contributed by atoms with Crippen LogP contribution in [0.15, 0.2) is 18.3 Å². The number of aromatic nitrogens is 6. The van der Waals surface area contributed by atoms with Crippen LogP contribution in [0.1, 0.15) is 18.5 Å². The molecular weight excluding hydrogens is 466 g/mol. The van der Waals surface area contributed by atoms with Crippen LogP contribution >= 0.6 is 11.6 Å². The van der Waals surface area contributed by atoms with Gasteiger partial charge in [0.25, 0.3) is 0 Å². The fourth-order valence-electron chi connectivity index (χ4n) is 5.19. The zero-order valence-corrected chi connectivity index (χ0v) is 20.8. The summed E-state index contributed by atoms with van der Waals surface area (Å²) < 4.78 is 5.67. The highest BCUT2D eigenvalue weighted by Gasteiger charge is 2.44. The number of nitrogens with one attached hydrogen (secondary N) is 1. The smallest absolute Gasteiger partial charge is 0.177 e. The number of aromatic amines is 1. The minimum Gasteiger partial charge on any atom is -0.379 e. The van der Waals surface area contributed by atoms with E-state index in [0.29, 0.717) is 34.0 Å². The first-order chi connectivity index (χ1) is 16.9. The fraction of sp³-hybridized carbons (Fsp3) is 0.458. The van der Waals surface area contributed by atoms with E-state index in [0.717, 1.165) is 60.9 Å². The van der Waals surface area contributed by atoms with E-state index in [1.165, 1.54) is 0 Å². The number of nitrogens with zero attached hydrogens (tertiary/aromatic N) is 7. The molecule has 1 spiro atoms. The van der Waals surface area contributed by atoms with Crippen molar-refractivity contribution in [3.8, 4) is 11.3 Å². The highest BCUT2D eigenvalue weighted by molar-refractivity contribution is 6.38. The molecule has 1 atom stereocenters. The lowest BCUT2D eigenvalue weighted by Gasteiger charge is -2.41. The fourth-order valence-corrected chi connectivity index (χ4v) is 5.48. The molecule has 2 aliphatic heterocycles. The Labute approximate surface area is 207 Å². The number of hydrogen-bond acceptors (Lipinski definition) is 9. The number of H-pyrrole nitrogens is 1. The number of benzene rings is 1. The third kappa shape index (κ3) is 3.59. The van der Waals surface area contributed by atoms with Crippen LogP contribution in [-0.2, 0) is 4.74 Å². The number of rotatable bonds is 3. The van der Waals surface area contributed by atoms with Gasteiger partial charge in [-0.25, -0.2) is 15.0 Å². The van der Waals surface area contributed by atoms with Gasteiger partial charge in [0, 0.05) is 44.2 Å². The van der Waals surface area contributed by atoms with Crippen molar-refractivity contribution >= 4 is 45.4 Å². The monoisotopic (exact) mass is 493 g/mol. The van der Waals surface area contributed by atoms with Crippen LogP contribution in [0.25, 0.3) is 33.5 Å². The van der Waals surface area contributed by atoms with Crippen molar-refractivity contribution in [2.24, 2.45) is 11.1 Å². The predicted octanol–water partition coefficient (Wildman–Crippen LogP) is 2.94. The largest absolute Gasteiger partial charge is 0.379 e. The maximum atomic E-state index is 6.82. The van der Waals surface area contributed by atoms with Gasteiger partial charge in [-0.3, -0.25) is 10.1 Å². The molecule has 0 unspecified atom stereocenters. The summed E-state index contributed by atoms with van der Waals surface area (Å²) in [5.41, 5.74) is 11.4. The highest BCUT2D eigenvalue weighted by Crippen LogP contribution is 2.40. The average Bonchev–Trinajstić information content (AvgIpc) is 3.42. The van der Waals surface area contributed by atoms with E-state index >= 15 is 0 Å². The van der Waals surface area contributed by atoms with Gasteiger partial charge in [0.15, 0.2) is 11.5 Å². The molecule has 3 aromatic heterocycles. The Bertz CT molecular complexity index is 1430. The van der Waals surface area contributed by atoms with Crippen LogP contribution in [0, 0.1) is 12.3 Å². The summed E-state index contributed by atoms with van der Waals surface area (Å²) in [5.74, 6) is 1.61. The van der Waals surface area contributed by atoms with Gasteiger partial charge >= 0.3 is 0 Å². The third-order valence-electron chi connectivity index (χ3n) is 7.43. The number of anilines is 2. The maximum absolute atomic E-state index is 6.82. The molecule has 10 nitrogen and oxygen atoms in total. The van der Waals surface area contributed by atoms with Crippen LogP contribution in [0.3, 0.4) is 0 Å². The standard InChI is InChI=1S/C24H28ClN9O/c1-13-23(34-8-6-24(7-9-34)12-35-11-16(24)26)30-22-21(28-13)19(31-32-22)14-4-5-15-20(18(14)25)29-17(10-27-15)33(2)3/h4-5,10,16H,6-9,11-12,26H2,1-3H3,(H,30,31,32)/t16-/m1/s1. The van der Waals surface area contributed by atoms with Crippen molar-refractivity contribution in [2.75, 3.05) is 50.2 Å². The normalized spacial score (nSPS) is 19.8. The second-order valence-electron chi connectivity index (χ2n) is 9.79. The summed E-state index contributed by atoms with van der Waals surface area (Å²) >= 11 is 6.82. The van der Waals surface area contributed by atoms with Gasteiger partial charge in [0.2, 0.25) is 0 Å². The molecule has 35 heavy (non-hydrogen) atoms. The van der Waals surface area contributed by atoms with Crippen molar-refractivity contribution in [3.63, 3.8) is 0 Å². The first kappa shape index (κ1) is 22.4. The Hall–Kier alpha value is -3.08. The Balaban J connectivity index is 1.35. The first-order valence-electron chi connectivity index (χ1n) is 11.8. The van der Waals surface area contributed by atoms with Crippen LogP contribution in [0.2, 0.25) is 5.02 Å². The van der Waals surface area contributed by atoms with E-state index in [2.05, 4.69) is 25.1 Å². The van der Waals surface area contributed by atoms with Gasteiger partial charge in [0.1, 0.15) is 22.5 Å². The lowest BCUT2D eigenvalue weighted by atomic mass is 9.75. The molecule has 0 amide bonds. The lowest BCUT2D eigenvalue weighted by molar-refractivity contribution is 0.131. The summed E-state index contributed by atoms with van der Waals surface area (Å²) in [5, 5.41) is 8.09. The van der Waals surface area contributed by atoms with E-state index in [1.807, 2.05) is 38.1 Å². The number of hydrogen-bond donors (Lipinski definition) is 2. The topological polar surface area (TPSA) is 122 Å². The Morgan fingerprint density at radius 2 is 1.97 bits per heavy atom. The molecule has 6 rings (SSSR count). The van der Waals surface area contributed by atoms with Crippen molar-refractivity contribution in [2.45, 2.75) is 25.8 Å². The van der Waals surface area contributed by atoms with Crippen molar-refractivity contribution < 1.29 is 4.74 Å². The highest BCUT2D eigenvalue weighted by atomic mass is 35.5. The summed E-state index contributed by atoms with van der Waals surface area (Å²) in [6.45, 7) is 5.15. The molecule has 1 aromatic carbocycles. The molecule has 5 heterocycles. The molecule has 11 heteroatoms. The molecule has 0 radical (unpaired) electrons. The SMILES string of the molecule is Cc1nc2c(-c3ccc4ncc(N(C)C)nc4c3Cl)n[nH]c2nc1N1CCC2(CC1)COC[C@H]2N. The van der Waals surface area contributed by atoms with Gasteiger partial charge in [-0.05, 0) is 31.9 Å². The minimum atomic E-state index is 0.0886. The summed E-state index contributed by atoms with van der Waals surface area (Å²) in [6.07, 6.45) is 3.71. The van der Waals surface area contributed by atoms with E-state index in [9.17, 15) is 0 Å². The number of nitrogens with two attached hydrogens (primary N) is 1. The van der Waals surface area contributed by atoms with E-state index in [1.54, 1.807) is 6.20 Å². The van der Waals surface area contributed by atoms with Gasteiger partial charge in [-0.15, -0.1) is 0 Å². The Morgan fingerprint density at radius 3 is 2.69 bits per heavy atom. The second kappa shape index (κ2) is 8.25. The molecule has 0 aliphatic carbocycles.